The van der Waals surface area contributed by atoms with E-state index in [1.165, 1.54) is 0 Å². The second kappa shape index (κ2) is 11.2. The van der Waals surface area contributed by atoms with Gasteiger partial charge in [-0.15, -0.1) is 5.06 Å². The summed E-state index contributed by atoms with van der Waals surface area (Å²) in [7, 11) is 0. The Labute approximate surface area is 202 Å². The molecule has 1 aliphatic heterocycles. The number of nitrogens with one attached hydrogen (secondary N) is 1. The van der Waals surface area contributed by atoms with Crippen molar-refractivity contribution in [3.63, 3.8) is 0 Å². The van der Waals surface area contributed by atoms with Crippen molar-refractivity contribution in [3.05, 3.63) is 71.8 Å². The second-order valence-corrected chi connectivity index (χ2v) is 9.59. The number of ketones is 1. The van der Waals surface area contributed by atoms with Gasteiger partial charge in [0, 0.05) is 6.42 Å². The number of hydroxylamine groups is 2. The number of hydrogen-bond donors (Lipinski definition) is 1. The minimum atomic E-state index is -0.637. The molecule has 2 aromatic carbocycles. The van der Waals surface area contributed by atoms with Crippen LogP contribution in [0, 0.1) is 0 Å². The quantitative estimate of drug-likeness (QED) is 0.430. The van der Waals surface area contributed by atoms with Crippen LogP contribution in [0.4, 0.5) is 4.79 Å². The molecule has 1 aliphatic carbocycles. The van der Waals surface area contributed by atoms with E-state index in [2.05, 4.69) is 24.4 Å². The van der Waals surface area contributed by atoms with Crippen molar-refractivity contribution in [2.45, 2.75) is 89.1 Å². The van der Waals surface area contributed by atoms with Crippen LogP contribution >= 0.6 is 0 Å². The molecular weight excluding hydrogens is 428 g/mol. The molecule has 2 aromatic rings. The van der Waals surface area contributed by atoms with E-state index in [4.69, 9.17) is 9.57 Å². The number of hydrogen-bond acceptors (Lipinski definition) is 5. The number of carbonyl (C=O) groups excluding carboxylic acids is 2. The van der Waals surface area contributed by atoms with Crippen LogP contribution in [0.1, 0.15) is 76.0 Å². The van der Waals surface area contributed by atoms with Gasteiger partial charge in [-0.2, -0.15) is 0 Å². The number of Topliss-reactive ketones (excluding diaryl/α,β-unsaturated/α-hetero) is 1. The molecule has 2 unspecified atom stereocenters. The van der Waals surface area contributed by atoms with E-state index in [1.54, 1.807) is 5.06 Å². The highest BCUT2D eigenvalue weighted by Crippen LogP contribution is 2.37. The van der Waals surface area contributed by atoms with Crippen molar-refractivity contribution in [1.82, 2.24) is 10.4 Å². The maximum atomic E-state index is 13.3. The standard InChI is InChI=1S/C28H36N2O4/c1-3-4-17-24(25(31)26-30(34-26)21(2)23-15-9-6-10-16-23)29-27(32)33-28(18-11-12-19-28)20-22-13-7-5-8-14-22/h5-10,13-16,21,24,26H,3-4,11-12,17-20H2,1-2H3,(H,29,32)/t21-,24+,26?,30?/m1/s1. The minimum Gasteiger partial charge on any atom is -0.443 e. The molecule has 0 aromatic heterocycles. The van der Waals surface area contributed by atoms with Gasteiger partial charge in [0.15, 0.2) is 0 Å². The Morgan fingerprint density at radius 1 is 1.09 bits per heavy atom. The number of ether oxygens (including phenoxy) is 1. The maximum absolute atomic E-state index is 13.3. The van der Waals surface area contributed by atoms with Gasteiger partial charge >= 0.3 is 6.09 Å². The summed E-state index contributed by atoms with van der Waals surface area (Å²) in [5.74, 6) is -0.114. The number of alkyl carbamates (subject to hydrolysis) is 1. The molecule has 1 saturated heterocycles. The zero-order chi connectivity index (χ0) is 24.0. The van der Waals surface area contributed by atoms with Gasteiger partial charge < -0.3 is 10.1 Å². The predicted octanol–water partition coefficient (Wildman–Crippen LogP) is 5.73. The number of benzene rings is 2. The molecule has 34 heavy (non-hydrogen) atoms. The lowest BCUT2D eigenvalue weighted by molar-refractivity contribution is -0.122. The summed E-state index contributed by atoms with van der Waals surface area (Å²) in [6.45, 7) is 4.09. The van der Waals surface area contributed by atoms with Crippen molar-refractivity contribution in [2.24, 2.45) is 0 Å². The van der Waals surface area contributed by atoms with Gasteiger partial charge in [-0.1, -0.05) is 80.4 Å². The average molecular weight is 465 g/mol. The Bertz CT molecular complexity index is 943. The van der Waals surface area contributed by atoms with E-state index in [-0.39, 0.29) is 11.8 Å². The highest BCUT2D eigenvalue weighted by atomic mass is 16.8. The first-order valence-corrected chi connectivity index (χ1v) is 12.6. The molecule has 1 saturated carbocycles. The summed E-state index contributed by atoms with van der Waals surface area (Å²) in [4.78, 5) is 31.9. The van der Waals surface area contributed by atoms with E-state index in [0.717, 1.165) is 49.7 Å². The Hall–Kier alpha value is -2.70. The van der Waals surface area contributed by atoms with Crippen LogP contribution in [0.5, 0.6) is 0 Å². The normalized spacial score (nSPS) is 22.5. The topological polar surface area (TPSA) is 70.9 Å². The minimum absolute atomic E-state index is 0.0402. The summed E-state index contributed by atoms with van der Waals surface area (Å²) in [6, 6.07) is 19.4. The smallest absolute Gasteiger partial charge is 0.408 e. The van der Waals surface area contributed by atoms with Crippen LogP contribution in [0.2, 0.25) is 0 Å². The molecular formula is C28H36N2O4. The molecule has 0 bridgehead atoms. The zero-order valence-corrected chi connectivity index (χ0v) is 20.2. The molecule has 4 rings (SSSR count). The Morgan fingerprint density at radius 3 is 2.38 bits per heavy atom. The van der Waals surface area contributed by atoms with E-state index in [9.17, 15) is 9.59 Å². The van der Waals surface area contributed by atoms with Crippen LogP contribution in [0.15, 0.2) is 60.7 Å². The van der Waals surface area contributed by atoms with Crippen molar-refractivity contribution in [2.75, 3.05) is 0 Å². The molecule has 2 aliphatic rings. The molecule has 2 fully saturated rings. The lowest BCUT2D eigenvalue weighted by Crippen LogP contribution is -2.47. The van der Waals surface area contributed by atoms with Crippen LogP contribution < -0.4 is 5.32 Å². The van der Waals surface area contributed by atoms with Gasteiger partial charge in [0.05, 0.1) is 12.1 Å². The highest BCUT2D eigenvalue weighted by Gasteiger charge is 2.49. The number of unbranched alkanes of at least 4 members (excludes halogenated alkanes) is 1. The summed E-state index contributed by atoms with van der Waals surface area (Å²) < 4.78 is 6.05. The fourth-order valence-corrected chi connectivity index (χ4v) is 4.97. The lowest BCUT2D eigenvalue weighted by Gasteiger charge is -2.30. The fourth-order valence-electron chi connectivity index (χ4n) is 4.97. The Balaban J connectivity index is 1.38. The maximum Gasteiger partial charge on any atom is 0.408 e. The van der Waals surface area contributed by atoms with Crippen molar-refractivity contribution < 1.29 is 19.2 Å². The first-order chi connectivity index (χ1) is 16.5. The van der Waals surface area contributed by atoms with Gasteiger partial charge in [-0.05, 0) is 50.2 Å². The largest absolute Gasteiger partial charge is 0.443 e. The summed E-state index contributed by atoms with van der Waals surface area (Å²) in [6.07, 6.45) is 5.68. The van der Waals surface area contributed by atoms with Crippen LogP contribution in [0.3, 0.4) is 0 Å². The SMILES string of the molecule is CCCC[C@H](NC(=O)OC1(Cc2ccccc2)CCCC1)C(=O)C1ON1[C@H](C)c1ccccc1. The third kappa shape index (κ3) is 6.05. The van der Waals surface area contributed by atoms with Gasteiger partial charge in [0.2, 0.25) is 12.0 Å². The van der Waals surface area contributed by atoms with Gasteiger partial charge in [0.25, 0.3) is 0 Å². The molecule has 6 nitrogen and oxygen atoms in total. The van der Waals surface area contributed by atoms with E-state index in [0.29, 0.717) is 12.8 Å². The van der Waals surface area contributed by atoms with Crippen molar-refractivity contribution in [3.8, 4) is 0 Å². The number of nitrogens with zero attached hydrogens (tertiary/aromatic N) is 1. The molecule has 1 heterocycles. The molecule has 1 amide bonds. The van der Waals surface area contributed by atoms with Gasteiger partial charge in [0.1, 0.15) is 5.60 Å². The highest BCUT2D eigenvalue weighted by molar-refractivity contribution is 5.91. The Morgan fingerprint density at radius 2 is 1.74 bits per heavy atom. The summed E-state index contributed by atoms with van der Waals surface area (Å²) in [5, 5.41) is 4.60. The first-order valence-electron chi connectivity index (χ1n) is 12.6. The van der Waals surface area contributed by atoms with Crippen LogP contribution in [-0.2, 0) is 20.8 Å². The van der Waals surface area contributed by atoms with E-state index >= 15 is 0 Å². The number of amides is 1. The third-order valence-corrected chi connectivity index (χ3v) is 6.99. The van der Waals surface area contributed by atoms with Gasteiger partial charge in [-0.3, -0.25) is 9.63 Å². The summed E-state index contributed by atoms with van der Waals surface area (Å²) >= 11 is 0. The molecule has 1 N–H and O–H groups in total. The lowest BCUT2D eigenvalue weighted by atomic mass is 9.92. The fraction of sp³-hybridized carbons (Fsp3) is 0.500. The Kier molecular flexibility index (Phi) is 8.01. The van der Waals surface area contributed by atoms with Crippen LogP contribution in [0.25, 0.3) is 0 Å². The number of carbonyl (C=O) groups is 2. The number of rotatable bonds is 11. The third-order valence-electron chi connectivity index (χ3n) is 6.99. The molecule has 182 valence electrons. The van der Waals surface area contributed by atoms with Crippen LogP contribution in [-0.4, -0.2) is 34.8 Å². The van der Waals surface area contributed by atoms with E-state index < -0.39 is 24.0 Å². The zero-order valence-electron chi connectivity index (χ0n) is 20.2. The molecule has 6 heteroatoms. The summed E-state index contributed by atoms with van der Waals surface area (Å²) in [5.41, 5.74) is 1.74. The van der Waals surface area contributed by atoms with Gasteiger partial charge in [-0.25, -0.2) is 4.79 Å². The first kappa shape index (κ1) is 24.4. The molecule has 0 radical (unpaired) electrons. The molecule has 0 spiro atoms. The second-order valence-electron chi connectivity index (χ2n) is 9.59. The van der Waals surface area contributed by atoms with Crippen molar-refractivity contribution >= 4 is 11.9 Å². The van der Waals surface area contributed by atoms with E-state index in [1.807, 2.05) is 55.5 Å². The predicted molar refractivity (Wildman–Crippen MR) is 131 cm³/mol. The molecule has 4 atom stereocenters. The van der Waals surface area contributed by atoms with Crippen molar-refractivity contribution in [1.29, 1.82) is 0 Å². The average Bonchev–Trinajstić information content (AvgIpc) is 3.54. The monoisotopic (exact) mass is 464 g/mol.